The summed E-state index contributed by atoms with van der Waals surface area (Å²) in [6, 6.07) is 13.8. The molecule has 21 heavy (non-hydrogen) atoms. The molecule has 0 bridgehead atoms. The minimum absolute atomic E-state index is 0.196. The lowest BCUT2D eigenvalue weighted by Crippen LogP contribution is -2.41. The normalized spacial score (nSPS) is 11.9. The molecule has 110 valence electrons. The van der Waals surface area contributed by atoms with Crippen LogP contribution in [0.4, 0.5) is 0 Å². The molecule has 2 aromatic rings. The number of amides is 1. The van der Waals surface area contributed by atoms with Crippen molar-refractivity contribution in [2.45, 2.75) is 19.0 Å². The van der Waals surface area contributed by atoms with Gasteiger partial charge in [-0.15, -0.1) is 0 Å². The van der Waals surface area contributed by atoms with E-state index < -0.39 is 6.04 Å². The molecule has 0 radical (unpaired) electrons. The number of halogens is 1. The number of nitrogens with two attached hydrogens (primary N) is 1. The van der Waals surface area contributed by atoms with E-state index in [1.54, 1.807) is 24.3 Å². The van der Waals surface area contributed by atoms with Crippen molar-refractivity contribution in [1.29, 1.82) is 0 Å². The number of carbonyl (C=O) groups excluding carboxylic acids is 1. The van der Waals surface area contributed by atoms with Gasteiger partial charge in [-0.3, -0.25) is 4.79 Å². The maximum absolute atomic E-state index is 12.0. The summed E-state index contributed by atoms with van der Waals surface area (Å²) >= 11 is 3.44. The molecule has 0 saturated heterocycles. The van der Waals surface area contributed by atoms with E-state index in [0.717, 1.165) is 15.6 Å². The Hall–Kier alpha value is -1.85. The van der Waals surface area contributed by atoms with E-state index in [-0.39, 0.29) is 11.7 Å². The van der Waals surface area contributed by atoms with Gasteiger partial charge in [-0.2, -0.15) is 0 Å². The van der Waals surface area contributed by atoms with Crippen molar-refractivity contribution in [2.75, 3.05) is 0 Å². The number of hydrogen-bond acceptors (Lipinski definition) is 3. The summed E-state index contributed by atoms with van der Waals surface area (Å²) in [5, 5.41) is 12.0. The second kappa shape index (κ2) is 7.24. The Labute approximate surface area is 132 Å². The Morgan fingerprint density at radius 3 is 2.52 bits per heavy atom. The van der Waals surface area contributed by atoms with Crippen LogP contribution in [-0.4, -0.2) is 17.1 Å². The lowest BCUT2D eigenvalue weighted by Gasteiger charge is -2.13. The van der Waals surface area contributed by atoms with Crippen LogP contribution in [0.1, 0.15) is 11.1 Å². The standard InChI is InChI=1S/C16H17BrN2O2/c17-14-4-2-1-3-12(14)10-19-16(21)15(18)9-11-5-7-13(20)8-6-11/h1-8,15,20H,9-10,18H2,(H,19,21)/t15-/m1/s1. The Morgan fingerprint density at radius 1 is 1.19 bits per heavy atom. The topological polar surface area (TPSA) is 75.3 Å². The average Bonchev–Trinajstić information content (AvgIpc) is 2.48. The number of benzene rings is 2. The first-order valence-electron chi connectivity index (χ1n) is 6.61. The van der Waals surface area contributed by atoms with Crippen LogP contribution >= 0.6 is 15.9 Å². The van der Waals surface area contributed by atoms with Crippen molar-refractivity contribution in [3.63, 3.8) is 0 Å². The van der Waals surface area contributed by atoms with E-state index >= 15 is 0 Å². The average molecular weight is 349 g/mol. The molecule has 0 aliphatic rings. The summed E-state index contributed by atoms with van der Waals surface area (Å²) in [7, 11) is 0. The first-order chi connectivity index (χ1) is 10.1. The number of carbonyl (C=O) groups is 1. The summed E-state index contributed by atoms with van der Waals surface area (Å²) in [5.41, 5.74) is 7.82. The van der Waals surface area contributed by atoms with Gasteiger partial charge in [-0.25, -0.2) is 0 Å². The number of phenols is 1. The van der Waals surface area contributed by atoms with E-state index in [9.17, 15) is 9.90 Å². The van der Waals surface area contributed by atoms with E-state index in [4.69, 9.17) is 5.73 Å². The zero-order chi connectivity index (χ0) is 15.2. The molecule has 0 aromatic heterocycles. The number of aromatic hydroxyl groups is 1. The zero-order valence-electron chi connectivity index (χ0n) is 11.4. The van der Waals surface area contributed by atoms with Crippen molar-refractivity contribution in [3.8, 4) is 5.75 Å². The van der Waals surface area contributed by atoms with Crippen molar-refractivity contribution >= 4 is 21.8 Å². The monoisotopic (exact) mass is 348 g/mol. The van der Waals surface area contributed by atoms with Crippen molar-refractivity contribution < 1.29 is 9.90 Å². The molecule has 4 nitrogen and oxygen atoms in total. The predicted octanol–water partition coefficient (Wildman–Crippen LogP) is 2.34. The number of nitrogens with one attached hydrogen (secondary N) is 1. The molecule has 4 N–H and O–H groups in total. The first kappa shape index (κ1) is 15.5. The van der Waals surface area contributed by atoms with Gasteiger partial charge in [-0.05, 0) is 35.7 Å². The van der Waals surface area contributed by atoms with Gasteiger partial charge in [-0.1, -0.05) is 46.3 Å². The Balaban J connectivity index is 1.88. The molecule has 2 aromatic carbocycles. The smallest absolute Gasteiger partial charge is 0.237 e. The highest BCUT2D eigenvalue weighted by atomic mass is 79.9. The Kier molecular flexibility index (Phi) is 5.36. The highest BCUT2D eigenvalue weighted by molar-refractivity contribution is 9.10. The minimum Gasteiger partial charge on any atom is -0.508 e. The van der Waals surface area contributed by atoms with Gasteiger partial charge in [0, 0.05) is 11.0 Å². The second-order valence-electron chi connectivity index (χ2n) is 4.79. The van der Waals surface area contributed by atoms with E-state index in [2.05, 4.69) is 21.2 Å². The molecule has 0 fully saturated rings. The number of phenolic OH excluding ortho intramolecular Hbond substituents is 1. The van der Waals surface area contributed by atoms with Gasteiger partial charge in [0.15, 0.2) is 0 Å². The third-order valence-corrected chi connectivity index (χ3v) is 3.91. The molecule has 0 heterocycles. The van der Waals surface area contributed by atoms with Crippen molar-refractivity contribution in [2.24, 2.45) is 5.73 Å². The highest BCUT2D eigenvalue weighted by Crippen LogP contribution is 2.15. The molecular weight excluding hydrogens is 332 g/mol. The van der Waals surface area contributed by atoms with E-state index in [1.807, 2.05) is 24.3 Å². The summed E-state index contributed by atoms with van der Waals surface area (Å²) < 4.78 is 0.956. The van der Waals surface area contributed by atoms with Gasteiger partial charge in [0.2, 0.25) is 5.91 Å². The number of hydrogen-bond donors (Lipinski definition) is 3. The highest BCUT2D eigenvalue weighted by Gasteiger charge is 2.14. The van der Waals surface area contributed by atoms with Crippen molar-refractivity contribution in [1.82, 2.24) is 5.32 Å². The van der Waals surface area contributed by atoms with E-state index in [1.165, 1.54) is 0 Å². The summed E-state index contributed by atoms with van der Waals surface area (Å²) in [4.78, 5) is 12.0. The third kappa shape index (κ3) is 4.58. The van der Waals surface area contributed by atoms with Crippen LogP contribution < -0.4 is 11.1 Å². The van der Waals surface area contributed by atoms with Crippen molar-refractivity contribution in [3.05, 3.63) is 64.1 Å². The van der Waals surface area contributed by atoms with E-state index in [0.29, 0.717) is 13.0 Å². The Morgan fingerprint density at radius 2 is 1.86 bits per heavy atom. The lowest BCUT2D eigenvalue weighted by atomic mass is 10.1. The van der Waals surface area contributed by atoms with Crippen LogP contribution in [0.2, 0.25) is 0 Å². The van der Waals surface area contributed by atoms with Gasteiger partial charge in [0.1, 0.15) is 5.75 Å². The molecule has 0 aliphatic heterocycles. The summed E-state index contributed by atoms with van der Waals surface area (Å²) in [5.74, 6) is 0.00419. The molecule has 0 aliphatic carbocycles. The van der Waals surface area contributed by atoms with Gasteiger partial charge in [0.05, 0.1) is 6.04 Å². The number of rotatable bonds is 5. The molecule has 1 atom stereocenters. The van der Waals surface area contributed by atoms with Crippen LogP contribution in [0.15, 0.2) is 53.0 Å². The maximum Gasteiger partial charge on any atom is 0.237 e. The molecule has 1 amide bonds. The fourth-order valence-electron chi connectivity index (χ4n) is 1.93. The maximum atomic E-state index is 12.0. The third-order valence-electron chi connectivity index (χ3n) is 3.14. The molecule has 0 spiro atoms. The molecular formula is C16H17BrN2O2. The Bertz CT molecular complexity index is 614. The minimum atomic E-state index is -0.614. The zero-order valence-corrected chi connectivity index (χ0v) is 13.0. The molecule has 5 heteroatoms. The van der Waals surface area contributed by atoms with Crippen LogP contribution in [-0.2, 0) is 17.8 Å². The second-order valence-corrected chi connectivity index (χ2v) is 5.64. The van der Waals surface area contributed by atoms with Crippen LogP contribution in [0.3, 0.4) is 0 Å². The molecule has 0 unspecified atom stereocenters. The lowest BCUT2D eigenvalue weighted by molar-refractivity contribution is -0.122. The largest absolute Gasteiger partial charge is 0.508 e. The molecule has 2 rings (SSSR count). The molecule has 0 saturated carbocycles. The summed E-state index contributed by atoms with van der Waals surface area (Å²) in [6.07, 6.45) is 0.433. The first-order valence-corrected chi connectivity index (χ1v) is 7.40. The van der Waals surface area contributed by atoms with Gasteiger partial charge >= 0.3 is 0 Å². The van der Waals surface area contributed by atoms with Gasteiger partial charge < -0.3 is 16.2 Å². The SMILES string of the molecule is N[C@H](Cc1ccc(O)cc1)C(=O)NCc1ccccc1Br. The van der Waals surface area contributed by atoms with Crippen LogP contribution in [0, 0.1) is 0 Å². The van der Waals surface area contributed by atoms with Crippen LogP contribution in [0.25, 0.3) is 0 Å². The quantitative estimate of drug-likeness (QED) is 0.776. The van der Waals surface area contributed by atoms with Gasteiger partial charge in [0.25, 0.3) is 0 Å². The fraction of sp³-hybridized carbons (Fsp3) is 0.188. The van der Waals surface area contributed by atoms with Crippen LogP contribution in [0.5, 0.6) is 5.75 Å². The predicted molar refractivity (Wildman–Crippen MR) is 85.8 cm³/mol. The summed E-state index contributed by atoms with van der Waals surface area (Å²) in [6.45, 7) is 0.434. The fourth-order valence-corrected chi connectivity index (χ4v) is 2.36.